The molecule has 0 fully saturated rings. The van der Waals surface area contributed by atoms with E-state index in [4.69, 9.17) is 16.4 Å². The molecule has 0 saturated heterocycles. The minimum Gasteiger partial charge on any atom is -0.394 e. The zero-order valence-electron chi connectivity index (χ0n) is 7.80. The molecule has 0 amide bonds. The van der Waals surface area contributed by atoms with Crippen LogP contribution in [0, 0.1) is 10.1 Å². The maximum Gasteiger partial charge on any atom is 0.374 e. The number of nitrogen functional groups attached to an aromatic ring is 1. The van der Waals surface area contributed by atoms with Gasteiger partial charge in [-0.2, -0.15) is 0 Å². The lowest BCUT2D eigenvalue weighted by Crippen LogP contribution is -2.07. The van der Waals surface area contributed by atoms with E-state index in [-0.39, 0.29) is 0 Å². The van der Waals surface area contributed by atoms with Gasteiger partial charge in [0.25, 0.3) is 6.43 Å². The van der Waals surface area contributed by atoms with Gasteiger partial charge in [0, 0.05) is 10.7 Å². The Kier molecular flexibility index (Phi) is 3.48. The monoisotopic (exact) mass is 287 g/mol. The smallest absolute Gasteiger partial charge is 0.374 e. The average Bonchev–Trinajstić information content (AvgIpc) is 2.14. The predicted octanol–water partition coefficient (Wildman–Crippen LogP) is 1.44. The lowest BCUT2D eigenvalue weighted by molar-refractivity contribution is -0.391. The molecule has 7 nitrogen and oxygen atoms in total. The van der Waals surface area contributed by atoms with Gasteiger partial charge in [-0.15, -0.1) is 0 Å². The Labute approximate surface area is 97.8 Å². The summed E-state index contributed by atoms with van der Waals surface area (Å²) in [6.07, 6.45) is -3.21. The van der Waals surface area contributed by atoms with Crippen molar-refractivity contribution in [2.24, 2.45) is 0 Å². The molecule has 0 aliphatic rings. The molecule has 0 aliphatic heterocycles. The summed E-state index contributed by atoms with van der Waals surface area (Å²) in [4.78, 5) is 12.1. The Morgan fingerprint density at radius 3 is 2.41 bits per heavy atom. The minimum atomic E-state index is -4.45. The van der Waals surface area contributed by atoms with Crippen LogP contribution in [0.3, 0.4) is 0 Å². The lowest BCUT2D eigenvalue weighted by Gasteiger charge is -2.03. The van der Waals surface area contributed by atoms with Crippen LogP contribution in [0.15, 0.2) is 11.1 Å². The molecule has 94 valence electrons. The summed E-state index contributed by atoms with van der Waals surface area (Å²) < 4.78 is 46.7. The van der Waals surface area contributed by atoms with Gasteiger partial charge < -0.3 is 15.8 Å². The first-order chi connectivity index (χ1) is 7.64. The van der Waals surface area contributed by atoms with Crippen LogP contribution in [0.1, 0.15) is 12.0 Å². The number of anilines is 1. The first-order valence-corrected chi connectivity index (χ1v) is 6.13. The molecule has 1 aromatic heterocycles. The SMILES string of the molecule is Nc1cc(C(F)F)c([N+](=O)[O-])nc1S(=O)(=O)Cl. The normalized spacial score (nSPS) is 11.8. The fraction of sp³-hybridized carbons (Fsp3) is 0.167. The molecule has 17 heavy (non-hydrogen) atoms. The maximum absolute atomic E-state index is 12.4. The number of nitro groups is 1. The van der Waals surface area contributed by atoms with E-state index in [0.29, 0.717) is 6.07 Å². The zero-order valence-corrected chi connectivity index (χ0v) is 9.37. The summed E-state index contributed by atoms with van der Waals surface area (Å²) in [5.74, 6) is -1.30. The summed E-state index contributed by atoms with van der Waals surface area (Å²) >= 11 is 0. The first-order valence-electron chi connectivity index (χ1n) is 3.82. The van der Waals surface area contributed by atoms with Gasteiger partial charge in [-0.3, -0.25) is 0 Å². The van der Waals surface area contributed by atoms with Crippen molar-refractivity contribution >= 4 is 31.2 Å². The number of nitrogens with zero attached hydrogens (tertiary/aromatic N) is 2. The van der Waals surface area contributed by atoms with Crippen molar-refractivity contribution in [1.29, 1.82) is 0 Å². The van der Waals surface area contributed by atoms with Gasteiger partial charge in [0.2, 0.25) is 0 Å². The van der Waals surface area contributed by atoms with Gasteiger partial charge >= 0.3 is 19.9 Å². The number of hydrogen-bond acceptors (Lipinski definition) is 6. The van der Waals surface area contributed by atoms with Crippen LogP contribution in [0.2, 0.25) is 0 Å². The molecule has 1 aromatic rings. The molecule has 0 unspecified atom stereocenters. The lowest BCUT2D eigenvalue weighted by atomic mass is 10.2. The standard InChI is InChI=1S/C6H4ClF2N3O4S/c7-17(15,16)6-3(10)1-2(4(8)9)5(11-6)12(13)14/h1,4H,10H2. The Bertz CT molecular complexity index is 577. The van der Waals surface area contributed by atoms with Crippen molar-refractivity contribution < 1.29 is 22.1 Å². The van der Waals surface area contributed by atoms with Gasteiger partial charge in [0.1, 0.15) is 5.56 Å². The summed E-state index contributed by atoms with van der Waals surface area (Å²) in [6.45, 7) is 0. The number of halogens is 3. The van der Waals surface area contributed by atoms with Crippen molar-refractivity contribution in [3.8, 4) is 0 Å². The third-order valence-corrected chi connectivity index (χ3v) is 2.89. The van der Waals surface area contributed by atoms with Crippen molar-refractivity contribution in [2.75, 3.05) is 5.73 Å². The predicted molar refractivity (Wildman–Crippen MR) is 53.3 cm³/mol. The van der Waals surface area contributed by atoms with Crippen LogP contribution < -0.4 is 5.73 Å². The van der Waals surface area contributed by atoms with E-state index in [1.165, 1.54) is 0 Å². The summed E-state index contributed by atoms with van der Waals surface area (Å²) in [5.41, 5.74) is 3.38. The van der Waals surface area contributed by atoms with E-state index in [9.17, 15) is 27.3 Å². The van der Waals surface area contributed by atoms with Gasteiger partial charge in [-0.05, 0) is 16.0 Å². The second kappa shape index (κ2) is 4.37. The van der Waals surface area contributed by atoms with Crippen LogP contribution in [0.5, 0.6) is 0 Å². The summed E-state index contributed by atoms with van der Waals surface area (Å²) in [6, 6.07) is 0.463. The topological polar surface area (TPSA) is 116 Å². The first kappa shape index (κ1) is 13.5. The van der Waals surface area contributed by atoms with Crippen molar-refractivity contribution in [3.63, 3.8) is 0 Å². The third kappa shape index (κ3) is 2.77. The highest BCUT2D eigenvalue weighted by Gasteiger charge is 2.31. The molecule has 1 rings (SSSR count). The van der Waals surface area contributed by atoms with Crippen LogP contribution in [0.25, 0.3) is 0 Å². The molecule has 1 heterocycles. The molecule has 0 aromatic carbocycles. The molecule has 0 atom stereocenters. The van der Waals surface area contributed by atoms with Gasteiger partial charge in [-0.25, -0.2) is 17.2 Å². The van der Waals surface area contributed by atoms with Crippen molar-refractivity contribution in [3.05, 3.63) is 21.7 Å². The van der Waals surface area contributed by atoms with Crippen LogP contribution in [-0.4, -0.2) is 18.3 Å². The van der Waals surface area contributed by atoms with Crippen molar-refractivity contribution in [2.45, 2.75) is 11.5 Å². The molecule has 2 N–H and O–H groups in total. The average molecular weight is 288 g/mol. The maximum atomic E-state index is 12.4. The van der Waals surface area contributed by atoms with Crippen LogP contribution >= 0.6 is 10.7 Å². The van der Waals surface area contributed by atoms with E-state index in [0.717, 1.165) is 0 Å². The Morgan fingerprint density at radius 2 is 2.06 bits per heavy atom. The van der Waals surface area contributed by atoms with E-state index in [1.807, 2.05) is 0 Å². The molecule has 0 spiro atoms. The highest BCUT2D eigenvalue weighted by atomic mass is 35.7. The number of aromatic nitrogens is 1. The fourth-order valence-corrected chi connectivity index (χ4v) is 1.93. The molecule has 0 aliphatic carbocycles. The van der Waals surface area contributed by atoms with Gasteiger partial charge in [0.15, 0.2) is 0 Å². The van der Waals surface area contributed by atoms with E-state index < -0.39 is 42.5 Å². The number of nitrogens with two attached hydrogens (primary N) is 1. The summed E-state index contributed by atoms with van der Waals surface area (Å²) in [7, 11) is 0.447. The largest absolute Gasteiger partial charge is 0.394 e. The molecule has 11 heteroatoms. The molecule has 0 saturated carbocycles. The van der Waals surface area contributed by atoms with Crippen molar-refractivity contribution in [1.82, 2.24) is 4.98 Å². The molecule has 0 bridgehead atoms. The Morgan fingerprint density at radius 1 is 1.53 bits per heavy atom. The quantitative estimate of drug-likeness (QED) is 0.511. The Balaban J connectivity index is 3.63. The van der Waals surface area contributed by atoms with E-state index in [2.05, 4.69) is 4.98 Å². The fourth-order valence-electron chi connectivity index (χ4n) is 1.02. The van der Waals surface area contributed by atoms with E-state index >= 15 is 0 Å². The number of alkyl halides is 2. The van der Waals surface area contributed by atoms with E-state index in [1.54, 1.807) is 0 Å². The summed E-state index contributed by atoms with van der Waals surface area (Å²) in [5, 5.41) is 9.43. The zero-order chi connectivity index (χ0) is 13.4. The number of pyridine rings is 1. The third-order valence-electron chi connectivity index (χ3n) is 1.66. The second-order valence-corrected chi connectivity index (χ2v) is 5.27. The molecular weight excluding hydrogens is 284 g/mol. The molecule has 0 radical (unpaired) electrons. The number of hydrogen-bond donors (Lipinski definition) is 1. The second-order valence-electron chi connectivity index (χ2n) is 2.79. The van der Waals surface area contributed by atoms with Gasteiger partial charge in [0.05, 0.1) is 5.69 Å². The highest BCUT2D eigenvalue weighted by molar-refractivity contribution is 8.13. The number of rotatable bonds is 3. The van der Waals surface area contributed by atoms with Crippen LogP contribution in [-0.2, 0) is 9.05 Å². The van der Waals surface area contributed by atoms with Crippen LogP contribution in [0.4, 0.5) is 20.3 Å². The Hall–Kier alpha value is -1.55. The minimum absolute atomic E-state index is 0.463. The highest BCUT2D eigenvalue weighted by Crippen LogP contribution is 2.32. The molecular formula is C6H4ClF2N3O4S. The van der Waals surface area contributed by atoms with Gasteiger partial charge in [-0.1, -0.05) is 0 Å².